The Morgan fingerprint density at radius 1 is 1.25 bits per heavy atom. The predicted octanol–water partition coefficient (Wildman–Crippen LogP) is 4.02. The van der Waals surface area contributed by atoms with Gasteiger partial charge >= 0.3 is 6.09 Å². The van der Waals surface area contributed by atoms with E-state index in [-0.39, 0.29) is 5.91 Å². The minimum atomic E-state index is -0.635. The van der Waals surface area contributed by atoms with Crippen molar-refractivity contribution < 1.29 is 14.3 Å². The number of amides is 2. The van der Waals surface area contributed by atoms with Crippen molar-refractivity contribution in [2.24, 2.45) is 0 Å². The van der Waals surface area contributed by atoms with Crippen LogP contribution in [-0.4, -0.2) is 19.1 Å². The molecule has 0 saturated carbocycles. The third-order valence-electron chi connectivity index (χ3n) is 3.08. The van der Waals surface area contributed by atoms with E-state index in [0.717, 1.165) is 16.0 Å². The molecule has 0 N–H and O–H groups in total. The number of anilines is 1. The molecule has 0 heterocycles. The Bertz CT molecular complexity index is 494. The average molecular weight is 277 g/mol. The van der Waals surface area contributed by atoms with E-state index in [1.165, 1.54) is 7.11 Å². The van der Waals surface area contributed by atoms with Gasteiger partial charge in [0.15, 0.2) is 0 Å². The summed E-state index contributed by atoms with van der Waals surface area (Å²) in [6, 6.07) is 5.77. The standard InChI is InChI=1S/C16H23NO3/c1-6-7-15(18)17(16(19)20-5)14-9-12(4)8-13(10-14)11(2)3/h8-11H,6-7H2,1-5H3. The van der Waals surface area contributed by atoms with E-state index in [4.69, 9.17) is 4.74 Å². The molecule has 2 amide bonds. The molecule has 0 fully saturated rings. The molecule has 0 aliphatic heterocycles. The third-order valence-corrected chi connectivity index (χ3v) is 3.08. The van der Waals surface area contributed by atoms with Gasteiger partial charge in [0.2, 0.25) is 5.91 Å². The first kappa shape index (κ1) is 16.2. The molecule has 0 aliphatic carbocycles. The van der Waals surface area contributed by atoms with Crippen molar-refractivity contribution in [1.29, 1.82) is 0 Å². The Balaban J connectivity index is 3.26. The number of ether oxygens (including phenoxy) is 1. The summed E-state index contributed by atoms with van der Waals surface area (Å²) in [5.74, 6) is 0.0917. The lowest BCUT2D eigenvalue weighted by atomic mass is 10.00. The van der Waals surface area contributed by atoms with Crippen LogP contribution in [0.2, 0.25) is 0 Å². The molecule has 1 aromatic rings. The van der Waals surface area contributed by atoms with Crippen LogP contribution in [0, 0.1) is 6.92 Å². The van der Waals surface area contributed by atoms with E-state index in [9.17, 15) is 9.59 Å². The molecule has 0 aromatic heterocycles. The topological polar surface area (TPSA) is 46.6 Å². The number of hydrogen-bond donors (Lipinski definition) is 0. The Hall–Kier alpha value is -1.84. The number of benzene rings is 1. The molecule has 1 rings (SSSR count). The van der Waals surface area contributed by atoms with E-state index < -0.39 is 6.09 Å². The molecular weight excluding hydrogens is 254 g/mol. The maximum absolute atomic E-state index is 12.2. The normalized spacial score (nSPS) is 10.5. The van der Waals surface area contributed by atoms with Gasteiger partial charge in [0, 0.05) is 6.42 Å². The second kappa shape index (κ2) is 7.08. The van der Waals surface area contributed by atoms with Crippen LogP contribution in [0.4, 0.5) is 10.5 Å². The van der Waals surface area contributed by atoms with E-state index in [1.54, 1.807) is 0 Å². The maximum atomic E-state index is 12.2. The molecule has 4 heteroatoms. The highest BCUT2D eigenvalue weighted by atomic mass is 16.5. The fraction of sp³-hybridized carbons (Fsp3) is 0.500. The van der Waals surface area contributed by atoms with E-state index in [1.807, 2.05) is 26.0 Å². The zero-order valence-electron chi connectivity index (χ0n) is 12.9. The van der Waals surface area contributed by atoms with Crippen molar-refractivity contribution in [3.63, 3.8) is 0 Å². The van der Waals surface area contributed by atoms with Crippen molar-refractivity contribution in [2.45, 2.75) is 46.5 Å². The predicted molar refractivity (Wildman–Crippen MR) is 80.1 cm³/mol. The number of rotatable bonds is 4. The maximum Gasteiger partial charge on any atom is 0.420 e. The van der Waals surface area contributed by atoms with Gasteiger partial charge in [-0.25, -0.2) is 9.69 Å². The Morgan fingerprint density at radius 3 is 2.40 bits per heavy atom. The van der Waals surface area contributed by atoms with E-state index >= 15 is 0 Å². The van der Waals surface area contributed by atoms with Gasteiger partial charge in [-0.05, 0) is 42.5 Å². The number of methoxy groups -OCH3 is 1. The fourth-order valence-corrected chi connectivity index (χ4v) is 2.02. The van der Waals surface area contributed by atoms with Crippen LogP contribution in [0.1, 0.15) is 50.7 Å². The molecule has 0 atom stereocenters. The molecule has 4 nitrogen and oxygen atoms in total. The van der Waals surface area contributed by atoms with Crippen LogP contribution in [0.5, 0.6) is 0 Å². The summed E-state index contributed by atoms with van der Waals surface area (Å²) >= 11 is 0. The molecule has 0 radical (unpaired) electrons. The lowest BCUT2D eigenvalue weighted by Crippen LogP contribution is -2.36. The minimum Gasteiger partial charge on any atom is -0.452 e. The van der Waals surface area contributed by atoms with Crippen molar-refractivity contribution in [3.05, 3.63) is 29.3 Å². The first-order valence-electron chi connectivity index (χ1n) is 6.93. The van der Waals surface area contributed by atoms with Crippen LogP contribution < -0.4 is 4.90 Å². The molecule has 1 aromatic carbocycles. The number of aryl methyl sites for hydroxylation is 1. The molecule has 0 aliphatic rings. The summed E-state index contributed by atoms with van der Waals surface area (Å²) in [5, 5.41) is 0. The summed E-state index contributed by atoms with van der Waals surface area (Å²) in [4.78, 5) is 25.2. The number of nitrogens with zero attached hydrogens (tertiary/aromatic N) is 1. The lowest BCUT2D eigenvalue weighted by molar-refractivity contribution is -0.118. The van der Waals surface area contributed by atoms with Gasteiger partial charge in [-0.3, -0.25) is 4.79 Å². The number of imide groups is 1. The zero-order chi connectivity index (χ0) is 15.3. The highest BCUT2D eigenvalue weighted by Crippen LogP contribution is 2.25. The summed E-state index contributed by atoms with van der Waals surface area (Å²) in [6.07, 6.45) is 0.374. The monoisotopic (exact) mass is 277 g/mol. The van der Waals surface area contributed by atoms with Crippen molar-refractivity contribution >= 4 is 17.7 Å². The minimum absolute atomic E-state index is 0.236. The van der Waals surface area contributed by atoms with Crippen molar-refractivity contribution in [2.75, 3.05) is 12.0 Å². The van der Waals surface area contributed by atoms with Gasteiger partial charge in [0.1, 0.15) is 0 Å². The Labute approximate surface area is 120 Å². The van der Waals surface area contributed by atoms with Crippen LogP contribution in [0.25, 0.3) is 0 Å². The van der Waals surface area contributed by atoms with Gasteiger partial charge in [0.25, 0.3) is 0 Å². The lowest BCUT2D eigenvalue weighted by Gasteiger charge is -2.21. The second-order valence-corrected chi connectivity index (χ2v) is 5.21. The highest BCUT2D eigenvalue weighted by molar-refractivity contribution is 6.12. The van der Waals surface area contributed by atoms with Crippen LogP contribution in [0.3, 0.4) is 0 Å². The van der Waals surface area contributed by atoms with Gasteiger partial charge in [-0.1, -0.05) is 26.8 Å². The molecular formula is C16H23NO3. The number of hydrogen-bond acceptors (Lipinski definition) is 3. The molecule has 0 saturated heterocycles. The summed E-state index contributed by atoms with van der Waals surface area (Å²) in [5.41, 5.74) is 2.70. The quantitative estimate of drug-likeness (QED) is 0.835. The van der Waals surface area contributed by atoms with Crippen LogP contribution in [-0.2, 0) is 9.53 Å². The largest absolute Gasteiger partial charge is 0.452 e. The van der Waals surface area contributed by atoms with Gasteiger partial charge in [0.05, 0.1) is 12.8 Å². The summed E-state index contributed by atoms with van der Waals surface area (Å²) in [6.45, 7) is 8.02. The number of carbonyl (C=O) groups is 2. The Morgan fingerprint density at radius 2 is 1.90 bits per heavy atom. The first-order valence-corrected chi connectivity index (χ1v) is 6.93. The molecule has 110 valence electrons. The molecule has 0 unspecified atom stereocenters. The number of carbonyl (C=O) groups excluding carboxylic acids is 2. The smallest absolute Gasteiger partial charge is 0.420 e. The fourth-order valence-electron chi connectivity index (χ4n) is 2.02. The van der Waals surface area contributed by atoms with Crippen molar-refractivity contribution in [1.82, 2.24) is 0 Å². The van der Waals surface area contributed by atoms with E-state index in [2.05, 4.69) is 19.9 Å². The SMILES string of the molecule is CCCC(=O)N(C(=O)OC)c1cc(C)cc(C(C)C)c1. The van der Waals surface area contributed by atoms with Gasteiger partial charge < -0.3 is 4.74 Å². The van der Waals surface area contributed by atoms with Gasteiger partial charge in [-0.15, -0.1) is 0 Å². The van der Waals surface area contributed by atoms with Crippen LogP contribution in [0.15, 0.2) is 18.2 Å². The average Bonchev–Trinajstić information content (AvgIpc) is 2.38. The van der Waals surface area contributed by atoms with Gasteiger partial charge in [-0.2, -0.15) is 0 Å². The molecule has 20 heavy (non-hydrogen) atoms. The third kappa shape index (κ3) is 3.83. The summed E-state index contributed by atoms with van der Waals surface area (Å²) in [7, 11) is 1.29. The second-order valence-electron chi connectivity index (χ2n) is 5.21. The van der Waals surface area contributed by atoms with E-state index in [0.29, 0.717) is 24.4 Å². The molecule has 0 bridgehead atoms. The Kier molecular flexibility index (Phi) is 5.74. The summed E-state index contributed by atoms with van der Waals surface area (Å²) < 4.78 is 4.74. The molecule has 0 spiro atoms. The first-order chi connectivity index (χ1) is 9.40. The van der Waals surface area contributed by atoms with Crippen molar-refractivity contribution in [3.8, 4) is 0 Å². The highest BCUT2D eigenvalue weighted by Gasteiger charge is 2.24. The van der Waals surface area contributed by atoms with Crippen LogP contribution >= 0.6 is 0 Å². The zero-order valence-corrected chi connectivity index (χ0v) is 12.9.